The highest BCUT2D eigenvalue weighted by atomic mass is 32.1. The van der Waals surface area contributed by atoms with Gasteiger partial charge in [-0.3, -0.25) is 14.7 Å². The molecule has 0 aliphatic carbocycles. The molecule has 0 unspecified atom stereocenters. The van der Waals surface area contributed by atoms with Crippen molar-refractivity contribution in [2.75, 3.05) is 39.4 Å². The third-order valence-corrected chi connectivity index (χ3v) is 6.12. The van der Waals surface area contributed by atoms with Gasteiger partial charge in [-0.1, -0.05) is 12.1 Å². The second-order valence-corrected chi connectivity index (χ2v) is 8.34. The van der Waals surface area contributed by atoms with Gasteiger partial charge in [-0.15, -0.1) is 11.3 Å². The van der Waals surface area contributed by atoms with Crippen LogP contribution in [0.25, 0.3) is 16.3 Å². The predicted octanol–water partition coefficient (Wildman–Crippen LogP) is 3.46. The number of amides is 1. The summed E-state index contributed by atoms with van der Waals surface area (Å²) in [6.45, 7) is 5.79. The SMILES string of the molecule is O=C(/C=C/c1nc2ccccc2s1)N(CCCN1CCOCC1)Cc1ccncc1. The molecule has 4 rings (SSSR count). The van der Waals surface area contributed by atoms with Crippen LogP contribution in [0.2, 0.25) is 0 Å². The van der Waals surface area contributed by atoms with Crippen molar-refractivity contribution in [3.05, 3.63) is 65.4 Å². The fraction of sp³-hybridized carbons (Fsp3) is 0.348. The number of para-hydroxylation sites is 1. The van der Waals surface area contributed by atoms with Crippen LogP contribution in [0.15, 0.2) is 54.9 Å². The monoisotopic (exact) mass is 422 g/mol. The molecule has 0 atom stereocenters. The number of benzene rings is 1. The highest BCUT2D eigenvalue weighted by Crippen LogP contribution is 2.22. The molecule has 6 nitrogen and oxygen atoms in total. The van der Waals surface area contributed by atoms with Crippen molar-refractivity contribution in [2.45, 2.75) is 13.0 Å². The van der Waals surface area contributed by atoms with Gasteiger partial charge < -0.3 is 9.64 Å². The topological polar surface area (TPSA) is 58.6 Å². The van der Waals surface area contributed by atoms with Gasteiger partial charge in [-0.05, 0) is 42.3 Å². The van der Waals surface area contributed by atoms with Gasteiger partial charge in [0.15, 0.2) is 0 Å². The number of carbonyl (C=O) groups excluding carboxylic acids is 1. The van der Waals surface area contributed by atoms with Gasteiger partial charge in [-0.25, -0.2) is 4.98 Å². The molecule has 0 radical (unpaired) electrons. The van der Waals surface area contributed by atoms with Crippen LogP contribution in [0.1, 0.15) is 17.0 Å². The smallest absolute Gasteiger partial charge is 0.246 e. The van der Waals surface area contributed by atoms with Crippen molar-refractivity contribution in [1.29, 1.82) is 0 Å². The Bertz CT molecular complexity index is 950. The Hall–Kier alpha value is -2.61. The van der Waals surface area contributed by atoms with Crippen molar-refractivity contribution < 1.29 is 9.53 Å². The molecule has 1 aliphatic rings. The van der Waals surface area contributed by atoms with E-state index in [1.807, 2.05) is 47.4 Å². The number of hydrogen-bond acceptors (Lipinski definition) is 6. The number of carbonyl (C=O) groups is 1. The number of fused-ring (bicyclic) bond motifs is 1. The summed E-state index contributed by atoms with van der Waals surface area (Å²) in [6, 6.07) is 11.9. The van der Waals surface area contributed by atoms with Crippen LogP contribution in [-0.4, -0.2) is 65.1 Å². The van der Waals surface area contributed by atoms with E-state index in [9.17, 15) is 4.79 Å². The average molecular weight is 423 g/mol. The second-order valence-electron chi connectivity index (χ2n) is 7.28. The summed E-state index contributed by atoms with van der Waals surface area (Å²) in [5.74, 6) is 0.00745. The molecule has 0 spiro atoms. The molecule has 1 amide bonds. The van der Waals surface area contributed by atoms with E-state index >= 15 is 0 Å². The summed E-state index contributed by atoms with van der Waals surface area (Å²) >= 11 is 1.60. The summed E-state index contributed by atoms with van der Waals surface area (Å²) in [6.07, 6.45) is 7.94. The fourth-order valence-corrected chi connectivity index (χ4v) is 4.37. The van der Waals surface area contributed by atoms with E-state index in [4.69, 9.17) is 4.74 Å². The van der Waals surface area contributed by atoms with E-state index in [1.165, 1.54) is 0 Å². The Kier molecular flexibility index (Phi) is 7.18. The van der Waals surface area contributed by atoms with Crippen LogP contribution in [0.5, 0.6) is 0 Å². The van der Waals surface area contributed by atoms with Gasteiger partial charge in [0.1, 0.15) is 5.01 Å². The highest BCUT2D eigenvalue weighted by molar-refractivity contribution is 7.19. The highest BCUT2D eigenvalue weighted by Gasteiger charge is 2.14. The zero-order chi connectivity index (χ0) is 20.6. The van der Waals surface area contributed by atoms with E-state index in [0.717, 1.165) is 60.1 Å². The average Bonchev–Trinajstić information content (AvgIpc) is 3.21. The van der Waals surface area contributed by atoms with Crippen LogP contribution in [0.4, 0.5) is 0 Å². The number of ether oxygens (including phenoxy) is 1. The predicted molar refractivity (Wildman–Crippen MR) is 120 cm³/mol. The lowest BCUT2D eigenvalue weighted by atomic mass is 10.2. The van der Waals surface area contributed by atoms with Crippen LogP contribution in [0.3, 0.4) is 0 Å². The van der Waals surface area contributed by atoms with Crippen molar-refractivity contribution in [3.63, 3.8) is 0 Å². The summed E-state index contributed by atoms with van der Waals surface area (Å²) in [5.41, 5.74) is 2.05. The molecule has 7 heteroatoms. The molecule has 156 valence electrons. The maximum absolute atomic E-state index is 13.0. The number of aromatic nitrogens is 2. The molecule has 0 N–H and O–H groups in total. The molecule has 2 aromatic heterocycles. The summed E-state index contributed by atoms with van der Waals surface area (Å²) < 4.78 is 6.54. The molecule has 1 fully saturated rings. The Balaban J connectivity index is 1.40. The van der Waals surface area contributed by atoms with Crippen LogP contribution in [0, 0.1) is 0 Å². The Morgan fingerprint density at radius 1 is 1.17 bits per heavy atom. The lowest BCUT2D eigenvalue weighted by Gasteiger charge is -2.28. The summed E-state index contributed by atoms with van der Waals surface area (Å²) in [7, 11) is 0. The number of nitrogens with zero attached hydrogens (tertiary/aromatic N) is 4. The molecule has 1 saturated heterocycles. The van der Waals surface area contributed by atoms with E-state index in [0.29, 0.717) is 13.1 Å². The lowest BCUT2D eigenvalue weighted by molar-refractivity contribution is -0.126. The van der Waals surface area contributed by atoms with Gasteiger partial charge in [-0.2, -0.15) is 0 Å². The zero-order valence-corrected chi connectivity index (χ0v) is 17.8. The molecular formula is C23H26N4O2S. The quantitative estimate of drug-likeness (QED) is 0.521. The molecular weight excluding hydrogens is 396 g/mol. The number of morpholine rings is 1. The maximum Gasteiger partial charge on any atom is 0.246 e. The number of hydrogen-bond donors (Lipinski definition) is 0. The van der Waals surface area contributed by atoms with Crippen molar-refractivity contribution in [1.82, 2.24) is 19.8 Å². The van der Waals surface area contributed by atoms with Gasteiger partial charge in [0.05, 0.1) is 23.4 Å². The minimum Gasteiger partial charge on any atom is -0.379 e. The van der Waals surface area contributed by atoms with Crippen LogP contribution < -0.4 is 0 Å². The molecule has 3 aromatic rings. The first-order valence-electron chi connectivity index (χ1n) is 10.3. The first-order valence-corrected chi connectivity index (χ1v) is 11.1. The Labute approximate surface area is 180 Å². The third-order valence-electron chi connectivity index (χ3n) is 5.12. The molecule has 0 saturated carbocycles. The molecule has 1 aromatic carbocycles. The van der Waals surface area contributed by atoms with Crippen LogP contribution >= 0.6 is 11.3 Å². The number of pyridine rings is 1. The van der Waals surface area contributed by atoms with Gasteiger partial charge in [0, 0.05) is 51.2 Å². The van der Waals surface area contributed by atoms with Crippen molar-refractivity contribution in [2.24, 2.45) is 0 Å². The molecule has 0 bridgehead atoms. The lowest BCUT2D eigenvalue weighted by Crippen LogP contribution is -2.38. The standard InChI is InChI=1S/C23H26N4O2S/c28-23(7-6-22-25-20-4-1-2-5-21(20)30-22)27(18-19-8-10-24-11-9-19)13-3-12-26-14-16-29-17-15-26/h1-2,4-11H,3,12-18H2/b7-6+. The van der Waals surface area contributed by atoms with E-state index in [-0.39, 0.29) is 5.91 Å². The normalized spacial score (nSPS) is 15.1. The summed E-state index contributed by atoms with van der Waals surface area (Å²) in [5, 5.41) is 0.849. The van der Waals surface area contributed by atoms with E-state index in [2.05, 4.69) is 14.9 Å². The molecule has 30 heavy (non-hydrogen) atoms. The van der Waals surface area contributed by atoms with Gasteiger partial charge in [0.2, 0.25) is 5.91 Å². The first kappa shape index (κ1) is 20.7. The van der Waals surface area contributed by atoms with E-state index in [1.54, 1.807) is 29.8 Å². The van der Waals surface area contributed by atoms with Crippen molar-refractivity contribution in [3.8, 4) is 0 Å². The Morgan fingerprint density at radius 3 is 2.77 bits per heavy atom. The van der Waals surface area contributed by atoms with Gasteiger partial charge >= 0.3 is 0 Å². The number of thiazole rings is 1. The van der Waals surface area contributed by atoms with Crippen LogP contribution in [-0.2, 0) is 16.1 Å². The second kappa shape index (κ2) is 10.4. The zero-order valence-electron chi connectivity index (χ0n) is 16.9. The van der Waals surface area contributed by atoms with Gasteiger partial charge in [0.25, 0.3) is 0 Å². The number of rotatable bonds is 8. The largest absolute Gasteiger partial charge is 0.379 e. The molecule has 3 heterocycles. The first-order chi connectivity index (χ1) is 14.8. The summed E-state index contributed by atoms with van der Waals surface area (Å²) in [4.78, 5) is 25.9. The minimum absolute atomic E-state index is 0.00745. The maximum atomic E-state index is 13.0. The third kappa shape index (κ3) is 5.72. The fourth-order valence-electron chi connectivity index (χ4n) is 3.50. The van der Waals surface area contributed by atoms with Crippen molar-refractivity contribution >= 4 is 33.5 Å². The Morgan fingerprint density at radius 2 is 1.97 bits per heavy atom. The minimum atomic E-state index is 0.00745. The molecule has 1 aliphatic heterocycles. The van der Waals surface area contributed by atoms with E-state index < -0.39 is 0 Å².